The summed E-state index contributed by atoms with van der Waals surface area (Å²) in [5.41, 5.74) is -0.458. The maximum atomic E-state index is 12.7. The molecule has 1 unspecified atom stereocenters. The molecule has 1 atom stereocenters. The highest BCUT2D eigenvalue weighted by molar-refractivity contribution is 5.31. The molecule has 0 saturated carbocycles. The number of ether oxygens (including phenoxy) is 1. The largest absolute Gasteiger partial charge is 0.375 e. The van der Waals surface area contributed by atoms with E-state index in [1.54, 1.807) is 37.4 Å². The Balaban J connectivity index is 2.64. The monoisotopic (exact) mass is 304 g/mol. The first-order chi connectivity index (χ1) is 9.88. The topological polar surface area (TPSA) is 45.0 Å². The third kappa shape index (κ3) is 4.41. The molecule has 0 aliphatic heterocycles. The normalized spacial score (nSPS) is 14.7. The SMILES string of the molecule is CNC(C#N)(CCOCC(F)(F)C(F)F)c1ccccc1. The molecule has 116 valence electrons. The van der Waals surface area contributed by atoms with E-state index in [1.807, 2.05) is 0 Å². The first-order valence-electron chi connectivity index (χ1n) is 6.27. The van der Waals surface area contributed by atoms with Gasteiger partial charge >= 0.3 is 12.3 Å². The summed E-state index contributed by atoms with van der Waals surface area (Å²) >= 11 is 0. The second-order valence-corrected chi connectivity index (χ2v) is 4.50. The van der Waals surface area contributed by atoms with Gasteiger partial charge in [-0.25, -0.2) is 8.78 Å². The fraction of sp³-hybridized carbons (Fsp3) is 0.500. The van der Waals surface area contributed by atoms with Gasteiger partial charge in [-0.05, 0) is 12.6 Å². The molecule has 0 fully saturated rings. The van der Waals surface area contributed by atoms with Crippen LogP contribution in [0.1, 0.15) is 12.0 Å². The Morgan fingerprint density at radius 1 is 1.29 bits per heavy atom. The van der Waals surface area contributed by atoms with Crippen molar-refractivity contribution in [3.05, 3.63) is 35.9 Å². The lowest BCUT2D eigenvalue weighted by Crippen LogP contribution is -2.40. The zero-order valence-electron chi connectivity index (χ0n) is 11.5. The van der Waals surface area contributed by atoms with E-state index in [4.69, 9.17) is 0 Å². The molecule has 21 heavy (non-hydrogen) atoms. The predicted molar refractivity (Wildman–Crippen MR) is 69.2 cm³/mol. The molecule has 0 heterocycles. The second-order valence-electron chi connectivity index (χ2n) is 4.50. The van der Waals surface area contributed by atoms with Crippen LogP contribution in [0.2, 0.25) is 0 Å². The Labute approximate surface area is 120 Å². The molecule has 3 nitrogen and oxygen atoms in total. The average Bonchev–Trinajstić information content (AvgIpc) is 2.49. The molecule has 0 aromatic heterocycles. The number of nitrogens with zero attached hydrogens (tertiary/aromatic N) is 1. The van der Waals surface area contributed by atoms with Gasteiger partial charge in [0, 0.05) is 13.0 Å². The standard InChI is InChI=1S/C14H16F4N2O/c1-20-13(9-19,11-5-3-2-4-6-11)7-8-21-10-14(17,18)12(15)16/h2-6,12,20H,7-8,10H2,1H3. The van der Waals surface area contributed by atoms with E-state index in [0.29, 0.717) is 5.56 Å². The highest BCUT2D eigenvalue weighted by atomic mass is 19.3. The predicted octanol–water partition coefficient (Wildman–Crippen LogP) is 2.93. The minimum atomic E-state index is -4.18. The van der Waals surface area contributed by atoms with Gasteiger partial charge in [-0.1, -0.05) is 30.3 Å². The van der Waals surface area contributed by atoms with Crippen molar-refractivity contribution in [2.45, 2.75) is 24.3 Å². The lowest BCUT2D eigenvalue weighted by Gasteiger charge is -2.27. The summed E-state index contributed by atoms with van der Waals surface area (Å²) in [6.45, 7) is -1.61. The van der Waals surface area contributed by atoms with Crippen LogP contribution >= 0.6 is 0 Å². The molecule has 1 rings (SSSR count). The molecule has 1 aromatic rings. The summed E-state index contributed by atoms with van der Waals surface area (Å²) < 4.78 is 54.0. The zero-order chi connectivity index (χ0) is 15.9. The van der Waals surface area contributed by atoms with Crippen LogP contribution in [0, 0.1) is 11.3 Å². The van der Waals surface area contributed by atoms with Gasteiger partial charge in [0.25, 0.3) is 0 Å². The number of rotatable bonds is 8. The minimum absolute atomic E-state index is 0.0589. The summed E-state index contributed by atoms with van der Waals surface area (Å²) in [5, 5.41) is 12.2. The molecule has 0 radical (unpaired) electrons. The van der Waals surface area contributed by atoms with Gasteiger partial charge in [0.1, 0.15) is 12.1 Å². The highest BCUT2D eigenvalue weighted by Gasteiger charge is 2.41. The van der Waals surface area contributed by atoms with Crippen molar-refractivity contribution in [1.82, 2.24) is 5.32 Å². The van der Waals surface area contributed by atoms with Crippen molar-refractivity contribution in [2.24, 2.45) is 0 Å². The van der Waals surface area contributed by atoms with Crippen LogP contribution < -0.4 is 5.32 Å². The quantitative estimate of drug-likeness (QED) is 0.593. The van der Waals surface area contributed by atoms with Crippen molar-refractivity contribution >= 4 is 0 Å². The fourth-order valence-corrected chi connectivity index (χ4v) is 1.81. The van der Waals surface area contributed by atoms with Crippen LogP contribution in [-0.4, -0.2) is 32.6 Å². The van der Waals surface area contributed by atoms with Crippen LogP contribution in [-0.2, 0) is 10.3 Å². The van der Waals surface area contributed by atoms with E-state index in [1.165, 1.54) is 0 Å². The summed E-state index contributed by atoms with van der Waals surface area (Å²) in [5.74, 6) is -4.18. The Morgan fingerprint density at radius 2 is 1.90 bits per heavy atom. The first kappa shape index (κ1) is 17.4. The first-order valence-corrected chi connectivity index (χ1v) is 6.27. The van der Waals surface area contributed by atoms with Crippen molar-refractivity contribution in [3.63, 3.8) is 0 Å². The van der Waals surface area contributed by atoms with Crippen LogP contribution in [0.25, 0.3) is 0 Å². The number of nitrogens with one attached hydrogen (secondary N) is 1. The van der Waals surface area contributed by atoms with Crippen LogP contribution in [0.4, 0.5) is 17.6 Å². The third-order valence-electron chi connectivity index (χ3n) is 3.12. The maximum Gasteiger partial charge on any atom is 0.330 e. The van der Waals surface area contributed by atoms with Gasteiger partial charge in [-0.3, -0.25) is 5.32 Å². The number of benzene rings is 1. The number of nitriles is 1. The Hall–Kier alpha value is -1.65. The number of hydrogen-bond acceptors (Lipinski definition) is 3. The van der Waals surface area contributed by atoms with Crippen molar-refractivity contribution in [3.8, 4) is 6.07 Å². The summed E-state index contributed by atoms with van der Waals surface area (Å²) in [7, 11) is 1.56. The zero-order valence-corrected chi connectivity index (χ0v) is 11.5. The van der Waals surface area contributed by atoms with Gasteiger partial charge < -0.3 is 4.74 Å². The fourth-order valence-electron chi connectivity index (χ4n) is 1.81. The summed E-state index contributed by atoms with van der Waals surface area (Å²) in [4.78, 5) is 0. The lowest BCUT2D eigenvalue weighted by molar-refractivity contribution is -0.166. The molecule has 0 bridgehead atoms. The average molecular weight is 304 g/mol. The van der Waals surface area contributed by atoms with Gasteiger partial charge in [-0.2, -0.15) is 14.0 Å². The van der Waals surface area contributed by atoms with Crippen molar-refractivity contribution in [1.29, 1.82) is 5.26 Å². The van der Waals surface area contributed by atoms with E-state index in [0.717, 1.165) is 0 Å². The van der Waals surface area contributed by atoms with E-state index in [2.05, 4.69) is 16.1 Å². The minimum Gasteiger partial charge on any atom is -0.375 e. The summed E-state index contributed by atoms with van der Waals surface area (Å²) in [6.07, 6.45) is -3.71. The Kier molecular flexibility index (Phi) is 6.12. The number of hydrogen-bond donors (Lipinski definition) is 1. The van der Waals surface area contributed by atoms with Gasteiger partial charge in [0.05, 0.1) is 6.07 Å². The van der Waals surface area contributed by atoms with Gasteiger partial charge in [0.15, 0.2) is 0 Å². The molecule has 0 spiro atoms. The van der Waals surface area contributed by atoms with Crippen LogP contribution in [0.15, 0.2) is 30.3 Å². The molecule has 0 amide bonds. The van der Waals surface area contributed by atoms with E-state index in [-0.39, 0.29) is 13.0 Å². The molecule has 0 aliphatic carbocycles. The highest BCUT2D eigenvalue weighted by Crippen LogP contribution is 2.26. The van der Waals surface area contributed by atoms with Crippen molar-refractivity contribution < 1.29 is 22.3 Å². The van der Waals surface area contributed by atoms with Crippen LogP contribution in [0.5, 0.6) is 0 Å². The molecular formula is C14H16F4N2O. The number of halogens is 4. The van der Waals surface area contributed by atoms with Gasteiger partial charge in [-0.15, -0.1) is 0 Å². The molecule has 0 saturated heterocycles. The lowest BCUT2D eigenvalue weighted by atomic mass is 9.88. The Bertz CT molecular complexity index is 476. The second kappa shape index (κ2) is 7.38. The molecular weight excluding hydrogens is 288 g/mol. The van der Waals surface area contributed by atoms with E-state index >= 15 is 0 Å². The Morgan fingerprint density at radius 3 is 2.38 bits per heavy atom. The third-order valence-corrected chi connectivity index (χ3v) is 3.12. The van der Waals surface area contributed by atoms with Gasteiger partial charge in [0.2, 0.25) is 0 Å². The van der Waals surface area contributed by atoms with Crippen molar-refractivity contribution in [2.75, 3.05) is 20.3 Å². The molecule has 0 aliphatic rings. The maximum absolute atomic E-state index is 12.7. The van der Waals surface area contributed by atoms with Crippen LogP contribution in [0.3, 0.4) is 0 Å². The molecule has 7 heteroatoms. The molecule has 1 aromatic carbocycles. The smallest absolute Gasteiger partial charge is 0.330 e. The molecule has 1 N–H and O–H groups in total. The van der Waals surface area contributed by atoms with E-state index in [9.17, 15) is 22.8 Å². The number of alkyl halides is 4. The van der Waals surface area contributed by atoms with E-state index < -0.39 is 24.5 Å². The summed E-state index contributed by atoms with van der Waals surface area (Å²) in [6, 6.07) is 10.8.